The van der Waals surface area contributed by atoms with E-state index in [0.29, 0.717) is 0 Å². The number of hydrogen-bond donors (Lipinski definition) is 1. The fourth-order valence-corrected chi connectivity index (χ4v) is 0. The number of alkyl halides is 2. The predicted molar refractivity (Wildman–Crippen MR) is 19.7 cm³/mol. The van der Waals surface area contributed by atoms with E-state index in [-0.39, 0.29) is 0 Å². The van der Waals surface area contributed by atoms with Crippen molar-refractivity contribution in [1.82, 2.24) is 0 Å². The molecule has 0 aliphatic rings. The van der Waals surface area contributed by atoms with Crippen molar-refractivity contribution in [1.29, 1.82) is 0 Å². The van der Waals surface area contributed by atoms with Gasteiger partial charge in [-0.2, -0.15) is 0 Å². The van der Waals surface area contributed by atoms with Gasteiger partial charge in [-0.05, 0) is 6.92 Å². The van der Waals surface area contributed by atoms with E-state index in [1.165, 1.54) is 6.92 Å². The van der Waals surface area contributed by atoms with Crippen LogP contribution in [0.4, 0.5) is 8.78 Å². The molecule has 0 saturated heterocycles. The van der Waals surface area contributed by atoms with Crippen LogP contribution in [0.2, 0.25) is 0 Å². The van der Waals surface area contributed by atoms with Gasteiger partial charge in [0.05, 0.1) is 6.04 Å². The average molecular weight is 95.1 g/mol. The molecule has 1 unspecified atom stereocenters. The first-order chi connectivity index (χ1) is 2.64. The van der Waals surface area contributed by atoms with E-state index in [0.717, 1.165) is 0 Å². The van der Waals surface area contributed by atoms with E-state index in [1.54, 1.807) is 0 Å². The summed E-state index contributed by atoms with van der Waals surface area (Å²) in [6.07, 6.45) is -2.37. The molecule has 0 fully saturated rings. The Morgan fingerprint density at radius 2 is 1.67 bits per heavy atom. The van der Waals surface area contributed by atoms with Gasteiger partial charge in [-0.1, -0.05) is 0 Å². The van der Waals surface area contributed by atoms with Crippen LogP contribution in [0.15, 0.2) is 0 Å². The second-order valence-electron chi connectivity index (χ2n) is 1.19. The van der Waals surface area contributed by atoms with Gasteiger partial charge in [0.25, 0.3) is 6.43 Å². The molecule has 0 spiro atoms. The lowest BCUT2D eigenvalue weighted by molar-refractivity contribution is 0.123. The van der Waals surface area contributed by atoms with Gasteiger partial charge in [-0.3, -0.25) is 0 Å². The van der Waals surface area contributed by atoms with E-state index >= 15 is 0 Å². The van der Waals surface area contributed by atoms with E-state index in [9.17, 15) is 8.78 Å². The maximum atomic E-state index is 11.0. The molecule has 0 aromatic rings. The molecule has 0 aliphatic carbocycles. The van der Waals surface area contributed by atoms with Crippen molar-refractivity contribution in [3.8, 4) is 0 Å². The highest BCUT2D eigenvalue weighted by atomic mass is 19.3. The Hall–Kier alpha value is -0.180. The summed E-state index contributed by atoms with van der Waals surface area (Å²) >= 11 is 0. The lowest BCUT2D eigenvalue weighted by Crippen LogP contribution is -2.23. The van der Waals surface area contributed by atoms with Crippen LogP contribution in [-0.4, -0.2) is 12.5 Å². The normalized spacial score (nSPS) is 15.5. The molecule has 6 heavy (non-hydrogen) atoms. The highest BCUT2D eigenvalue weighted by Gasteiger charge is 2.05. The number of halogens is 2. The molecule has 0 rings (SSSR count). The summed E-state index contributed by atoms with van der Waals surface area (Å²) in [5.74, 6) is 0. The van der Waals surface area contributed by atoms with Crippen LogP contribution in [0.5, 0.6) is 0 Å². The molecule has 1 nitrogen and oxygen atoms in total. The molecule has 0 aromatic carbocycles. The zero-order valence-electron chi connectivity index (χ0n) is 3.49. The van der Waals surface area contributed by atoms with E-state index in [2.05, 4.69) is 5.73 Å². The van der Waals surface area contributed by atoms with Gasteiger partial charge in [0.15, 0.2) is 0 Å². The summed E-state index contributed by atoms with van der Waals surface area (Å²) in [6, 6.07) is -0.981. The van der Waals surface area contributed by atoms with Crippen LogP contribution in [0.1, 0.15) is 6.92 Å². The second-order valence-corrected chi connectivity index (χ2v) is 1.19. The molecule has 0 aliphatic heterocycles. The minimum absolute atomic E-state index is 0.981. The summed E-state index contributed by atoms with van der Waals surface area (Å²) in [5, 5.41) is 0. The average Bonchev–Trinajstić information content (AvgIpc) is 1.36. The van der Waals surface area contributed by atoms with Crippen LogP contribution in [0.25, 0.3) is 0 Å². The maximum absolute atomic E-state index is 11.0. The molecule has 0 bridgehead atoms. The number of hydrogen-bond acceptors (Lipinski definition) is 1. The zero-order chi connectivity index (χ0) is 5.15. The maximum Gasteiger partial charge on any atom is 0.253 e. The minimum Gasteiger partial charge on any atom is -0.323 e. The molecule has 0 amide bonds. The van der Waals surface area contributed by atoms with Crippen molar-refractivity contribution in [3.63, 3.8) is 0 Å². The number of rotatable bonds is 1. The lowest BCUT2D eigenvalue weighted by atomic mass is 10.4. The summed E-state index contributed by atoms with van der Waals surface area (Å²) in [4.78, 5) is 0. The SMILES string of the molecule is CC(N)C(F)F. The van der Waals surface area contributed by atoms with Crippen molar-refractivity contribution in [2.75, 3.05) is 0 Å². The summed E-state index contributed by atoms with van der Waals surface area (Å²) in [5.41, 5.74) is 4.69. The van der Waals surface area contributed by atoms with Crippen molar-refractivity contribution >= 4 is 0 Å². The van der Waals surface area contributed by atoms with Gasteiger partial charge < -0.3 is 5.73 Å². The van der Waals surface area contributed by atoms with Gasteiger partial charge in [0, 0.05) is 0 Å². The lowest BCUT2D eigenvalue weighted by Gasteiger charge is -1.97. The second kappa shape index (κ2) is 2.08. The van der Waals surface area contributed by atoms with Crippen LogP contribution < -0.4 is 5.73 Å². The highest BCUT2D eigenvalue weighted by Crippen LogP contribution is 1.93. The Kier molecular flexibility index (Phi) is 2.01. The number of nitrogens with two attached hydrogens (primary N) is 1. The van der Waals surface area contributed by atoms with Crippen molar-refractivity contribution in [3.05, 3.63) is 0 Å². The van der Waals surface area contributed by atoms with Gasteiger partial charge in [-0.15, -0.1) is 0 Å². The molecule has 1 atom stereocenters. The van der Waals surface area contributed by atoms with Crippen molar-refractivity contribution in [2.45, 2.75) is 19.4 Å². The van der Waals surface area contributed by atoms with Crippen LogP contribution in [0.3, 0.4) is 0 Å². The monoisotopic (exact) mass is 95.1 g/mol. The molecule has 38 valence electrons. The summed E-state index contributed by atoms with van der Waals surface area (Å²) in [7, 11) is 0. The van der Waals surface area contributed by atoms with Crippen LogP contribution in [-0.2, 0) is 0 Å². The first-order valence-corrected chi connectivity index (χ1v) is 1.68. The van der Waals surface area contributed by atoms with Gasteiger partial charge in [0.1, 0.15) is 0 Å². The third-order valence-electron chi connectivity index (χ3n) is 0.397. The summed E-state index contributed by atoms with van der Waals surface area (Å²) in [6.45, 7) is 1.27. The van der Waals surface area contributed by atoms with Gasteiger partial charge >= 0.3 is 0 Å². The first-order valence-electron chi connectivity index (χ1n) is 1.68. The van der Waals surface area contributed by atoms with Crippen molar-refractivity contribution < 1.29 is 8.78 Å². The third-order valence-corrected chi connectivity index (χ3v) is 0.397. The standard InChI is InChI=1S/C3H7F2N/c1-2(6)3(4)5/h2-3H,6H2,1H3. The van der Waals surface area contributed by atoms with E-state index in [4.69, 9.17) is 0 Å². The smallest absolute Gasteiger partial charge is 0.253 e. The Bertz CT molecular complexity index is 29.8. The summed E-state index contributed by atoms with van der Waals surface area (Å²) < 4.78 is 22.1. The molecule has 3 heteroatoms. The fourth-order valence-electron chi connectivity index (χ4n) is 0. The molecule has 0 saturated carbocycles. The van der Waals surface area contributed by atoms with Gasteiger partial charge in [-0.25, -0.2) is 8.78 Å². The molecular weight excluding hydrogens is 88.0 g/mol. The van der Waals surface area contributed by atoms with Crippen LogP contribution in [0, 0.1) is 0 Å². The predicted octanol–water partition coefficient (Wildman–Crippen LogP) is 0.599. The largest absolute Gasteiger partial charge is 0.323 e. The van der Waals surface area contributed by atoms with Crippen LogP contribution >= 0.6 is 0 Å². The quantitative estimate of drug-likeness (QED) is 0.507. The highest BCUT2D eigenvalue weighted by molar-refractivity contribution is 4.51. The molecule has 0 heterocycles. The molecule has 0 radical (unpaired) electrons. The molecular formula is C3H7F2N. The third kappa shape index (κ3) is 2.08. The van der Waals surface area contributed by atoms with E-state index in [1.807, 2.05) is 0 Å². The first kappa shape index (κ1) is 5.82. The topological polar surface area (TPSA) is 26.0 Å². The Labute approximate surface area is 35.1 Å². The Morgan fingerprint density at radius 1 is 1.50 bits per heavy atom. The fraction of sp³-hybridized carbons (Fsp3) is 1.00. The molecule has 0 aromatic heterocycles. The van der Waals surface area contributed by atoms with Crippen molar-refractivity contribution in [2.24, 2.45) is 5.73 Å². The molecule has 2 N–H and O–H groups in total. The minimum atomic E-state index is -2.37. The zero-order valence-corrected chi connectivity index (χ0v) is 3.49. The Balaban J connectivity index is 2.99. The van der Waals surface area contributed by atoms with E-state index < -0.39 is 12.5 Å². The Morgan fingerprint density at radius 3 is 1.67 bits per heavy atom. The van der Waals surface area contributed by atoms with Gasteiger partial charge in [0.2, 0.25) is 0 Å².